The number of amides is 1. The number of rotatable bonds is 9. The van der Waals surface area contributed by atoms with Gasteiger partial charge in [0.05, 0.1) is 32.2 Å². The minimum atomic E-state index is -3.53. The molecule has 1 aromatic rings. The smallest absolute Gasteiger partial charge is 0.264 e. The van der Waals surface area contributed by atoms with Gasteiger partial charge in [-0.1, -0.05) is 19.3 Å². The molecule has 6 rings (SSSR count). The molecule has 4 bridgehead atoms. The number of ether oxygens (including phenoxy) is 1. The van der Waals surface area contributed by atoms with Crippen LogP contribution in [0.1, 0.15) is 68.1 Å². The summed E-state index contributed by atoms with van der Waals surface area (Å²) in [5, 5.41) is 7.67. The lowest BCUT2D eigenvalue weighted by Gasteiger charge is -2.32. The first-order chi connectivity index (χ1) is 15.4. The summed E-state index contributed by atoms with van der Waals surface area (Å²) in [5.41, 5.74) is 0.442. The Morgan fingerprint density at radius 1 is 1.16 bits per heavy atom. The zero-order valence-electron chi connectivity index (χ0n) is 18.9. The Balaban J connectivity index is 1.29. The van der Waals surface area contributed by atoms with E-state index >= 15 is 0 Å². The molecule has 1 amide bonds. The van der Waals surface area contributed by atoms with Crippen LogP contribution >= 0.6 is 0 Å². The van der Waals surface area contributed by atoms with Crippen LogP contribution in [0.4, 0.5) is 0 Å². The van der Waals surface area contributed by atoms with Crippen molar-refractivity contribution in [1.82, 2.24) is 15.1 Å². The fourth-order valence-corrected chi connectivity index (χ4v) is 7.23. The SMILES string of the molecule is CS(=O)(=O)OCCn1ncc(C(=O)NC2C3CC4CC(C3)C2C4)c1OCC1CCCCC1. The van der Waals surface area contributed by atoms with Crippen LogP contribution in [0, 0.1) is 29.6 Å². The van der Waals surface area contributed by atoms with E-state index < -0.39 is 10.1 Å². The molecule has 0 spiro atoms. The molecule has 5 aliphatic rings. The van der Waals surface area contributed by atoms with Crippen molar-refractivity contribution in [3.63, 3.8) is 0 Å². The summed E-state index contributed by atoms with van der Waals surface area (Å²) in [6, 6.07) is 0.259. The first-order valence-corrected chi connectivity index (χ1v) is 14.0. The maximum absolute atomic E-state index is 13.3. The van der Waals surface area contributed by atoms with Gasteiger partial charge in [-0.3, -0.25) is 8.98 Å². The Morgan fingerprint density at radius 2 is 1.94 bits per heavy atom. The largest absolute Gasteiger partial charge is 0.477 e. The molecule has 1 heterocycles. The highest BCUT2D eigenvalue weighted by Gasteiger charge is 2.54. The van der Waals surface area contributed by atoms with Crippen molar-refractivity contribution >= 4 is 16.0 Å². The monoisotopic (exact) mass is 465 g/mol. The third-order valence-electron chi connectivity index (χ3n) is 8.17. The maximum Gasteiger partial charge on any atom is 0.264 e. The third-order valence-corrected chi connectivity index (χ3v) is 8.77. The Bertz CT molecular complexity index is 935. The number of nitrogens with zero attached hydrogens (tertiary/aromatic N) is 2. The molecule has 5 fully saturated rings. The topological polar surface area (TPSA) is 99.5 Å². The minimum Gasteiger partial charge on any atom is -0.477 e. The van der Waals surface area contributed by atoms with E-state index in [1.54, 1.807) is 10.9 Å². The Morgan fingerprint density at radius 3 is 2.69 bits per heavy atom. The van der Waals surface area contributed by atoms with Crippen molar-refractivity contribution in [2.24, 2.45) is 29.6 Å². The summed E-state index contributed by atoms with van der Waals surface area (Å²) in [6.45, 7) is 0.716. The lowest BCUT2D eigenvalue weighted by molar-refractivity contribution is 0.0887. The van der Waals surface area contributed by atoms with Crippen LogP contribution in [-0.2, 0) is 20.8 Å². The third kappa shape index (κ3) is 4.69. The fraction of sp³-hybridized carbons (Fsp3) is 0.826. The molecule has 0 saturated heterocycles. The van der Waals surface area contributed by atoms with Gasteiger partial charge in [0.25, 0.3) is 16.0 Å². The molecule has 1 aromatic heterocycles. The van der Waals surface area contributed by atoms with Crippen LogP contribution in [0.15, 0.2) is 6.20 Å². The van der Waals surface area contributed by atoms with Crippen molar-refractivity contribution in [3.8, 4) is 5.88 Å². The molecule has 9 heteroatoms. The second-order valence-electron chi connectivity index (χ2n) is 10.4. The van der Waals surface area contributed by atoms with Crippen molar-refractivity contribution in [1.29, 1.82) is 0 Å². The van der Waals surface area contributed by atoms with Gasteiger partial charge < -0.3 is 10.1 Å². The molecule has 1 N–H and O–H groups in total. The highest BCUT2D eigenvalue weighted by molar-refractivity contribution is 7.85. The molecule has 178 valence electrons. The molecule has 5 unspecified atom stereocenters. The van der Waals surface area contributed by atoms with Crippen LogP contribution in [0.25, 0.3) is 0 Å². The summed E-state index contributed by atoms with van der Waals surface area (Å²) >= 11 is 0. The van der Waals surface area contributed by atoms with Gasteiger partial charge in [0.1, 0.15) is 5.56 Å². The van der Waals surface area contributed by atoms with Crippen LogP contribution < -0.4 is 10.1 Å². The predicted octanol–water partition coefficient (Wildman–Crippen LogP) is 2.98. The molecule has 32 heavy (non-hydrogen) atoms. The van der Waals surface area contributed by atoms with Gasteiger partial charge in [0.15, 0.2) is 0 Å². The van der Waals surface area contributed by atoms with E-state index in [-0.39, 0.29) is 25.1 Å². The van der Waals surface area contributed by atoms with Gasteiger partial charge in [-0.25, -0.2) is 4.68 Å². The zero-order valence-corrected chi connectivity index (χ0v) is 19.7. The molecule has 0 aliphatic heterocycles. The Kier molecular flexibility index (Phi) is 6.22. The number of hydrogen-bond donors (Lipinski definition) is 1. The van der Waals surface area contributed by atoms with E-state index in [1.165, 1.54) is 44.9 Å². The number of aromatic nitrogens is 2. The van der Waals surface area contributed by atoms with E-state index in [0.29, 0.717) is 35.8 Å². The molecular weight excluding hydrogens is 430 g/mol. The number of nitrogens with one attached hydrogen (secondary N) is 1. The van der Waals surface area contributed by atoms with Gasteiger partial charge in [-0.2, -0.15) is 13.5 Å². The summed E-state index contributed by atoms with van der Waals surface area (Å²) in [7, 11) is -3.53. The molecule has 0 aromatic carbocycles. The summed E-state index contributed by atoms with van der Waals surface area (Å²) < 4.78 is 35.3. The van der Waals surface area contributed by atoms with Gasteiger partial charge in [-0.05, 0) is 68.1 Å². The second kappa shape index (κ2) is 8.97. The molecule has 5 saturated carbocycles. The molecule has 5 aliphatic carbocycles. The van der Waals surface area contributed by atoms with Crippen LogP contribution in [0.5, 0.6) is 5.88 Å². The van der Waals surface area contributed by atoms with E-state index in [9.17, 15) is 13.2 Å². The van der Waals surface area contributed by atoms with Gasteiger partial charge in [0, 0.05) is 6.04 Å². The Hall–Kier alpha value is -1.61. The summed E-state index contributed by atoms with van der Waals surface area (Å²) in [4.78, 5) is 13.3. The average molecular weight is 466 g/mol. The lowest BCUT2D eigenvalue weighted by atomic mass is 9.79. The lowest BCUT2D eigenvalue weighted by Crippen LogP contribution is -2.44. The van der Waals surface area contributed by atoms with Crippen molar-refractivity contribution in [2.75, 3.05) is 19.5 Å². The fourth-order valence-electron chi connectivity index (χ4n) is 6.86. The first-order valence-electron chi connectivity index (χ1n) is 12.2. The molecule has 8 nitrogen and oxygen atoms in total. The number of carbonyl (C=O) groups is 1. The standard InChI is InChI=1S/C23H35N3O5S/c1-32(28,29)31-8-7-26-23(30-14-15-5-3-2-4-6-15)20(13-24-26)22(27)25-21-18-10-16-9-17(12-18)19(21)11-16/h13,15-19,21H,2-12,14H2,1H3,(H,25,27). The molecule has 5 atom stereocenters. The maximum atomic E-state index is 13.3. The molecular formula is C23H35N3O5S. The predicted molar refractivity (Wildman–Crippen MR) is 119 cm³/mol. The van der Waals surface area contributed by atoms with Crippen LogP contribution in [0.3, 0.4) is 0 Å². The van der Waals surface area contributed by atoms with Crippen LogP contribution in [-0.4, -0.2) is 49.6 Å². The van der Waals surface area contributed by atoms with Crippen LogP contribution in [0.2, 0.25) is 0 Å². The van der Waals surface area contributed by atoms with Gasteiger partial charge >= 0.3 is 0 Å². The minimum absolute atomic E-state index is 0.0444. The summed E-state index contributed by atoms with van der Waals surface area (Å²) in [5.74, 6) is 3.65. The van der Waals surface area contributed by atoms with E-state index in [2.05, 4.69) is 10.4 Å². The highest BCUT2D eigenvalue weighted by atomic mass is 32.2. The van der Waals surface area contributed by atoms with Crippen molar-refractivity contribution < 1.29 is 22.1 Å². The van der Waals surface area contributed by atoms with Crippen molar-refractivity contribution in [3.05, 3.63) is 11.8 Å². The van der Waals surface area contributed by atoms with E-state index in [0.717, 1.165) is 30.9 Å². The highest BCUT2D eigenvalue weighted by Crippen LogP contribution is 2.58. The molecule has 0 radical (unpaired) electrons. The van der Waals surface area contributed by atoms with Crippen molar-refractivity contribution in [2.45, 2.75) is 70.4 Å². The Labute approximate surface area is 190 Å². The van der Waals surface area contributed by atoms with Gasteiger partial charge in [-0.15, -0.1) is 0 Å². The van der Waals surface area contributed by atoms with Gasteiger partial charge in [0.2, 0.25) is 5.88 Å². The number of hydrogen-bond acceptors (Lipinski definition) is 6. The second-order valence-corrected chi connectivity index (χ2v) is 12.1. The number of carbonyl (C=O) groups excluding carboxylic acids is 1. The van der Waals surface area contributed by atoms with E-state index in [4.69, 9.17) is 8.92 Å². The first kappa shape index (κ1) is 22.2. The average Bonchev–Trinajstić information content (AvgIpc) is 3.36. The summed E-state index contributed by atoms with van der Waals surface area (Å²) in [6.07, 6.45) is 13.6. The van der Waals surface area contributed by atoms with E-state index in [1.807, 2.05) is 0 Å². The normalized spacial score (nSPS) is 31.8. The quantitative estimate of drug-likeness (QED) is 0.563. The zero-order chi connectivity index (χ0) is 22.3.